The van der Waals surface area contributed by atoms with E-state index in [0.29, 0.717) is 6.42 Å². The van der Waals surface area contributed by atoms with Gasteiger partial charge in [-0.15, -0.1) is 0 Å². The SMILES string of the molecule is CC(C)OC(O)CCCCCC[C@@H]1[C@@H](/C=C/[C@@H](O)COc2cccc(C(F)(F)F)c2)[C@H](O)C[C@@H]1O. The Kier molecular flexibility index (Phi) is 12.0. The minimum absolute atomic E-state index is 0.00441. The number of halogens is 3. The summed E-state index contributed by atoms with van der Waals surface area (Å²) in [5.74, 6) is -0.466. The van der Waals surface area contributed by atoms with E-state index in [1.54, 1.807) is 6.08 Å². The molecular formula is C26H39F3O6. The van der Waals surface area contributed by atoms with Gasteiger partial charge in [0.2, 0.25) is 0 Å². The van der Waals surface area contributed by atoms with Crippen LogP contribution < -0.4 is 4.74 Å². The van der Waals surface area contributed by atoms with Gasteiger partial charge in [0.1, 0.15) is 18.5 Å². The van der Waals surface area contributed by atoms with Gasteiger partial charge in [-0.25, -0.2) is 0 Å². The van der Waals surface area contributed by atoms with Gasteiger partial charge in [0.25, 0.3) is 0 Å². The second-order valence-corrected chi connectivity index (χ2v) is 9.53. The molecule has 1 unspecified atom stereocenters. The molecule has 1 saturated carbocycles. The molecule has 6 nitrogen and oxygen atoms in total. The molecule has 0 aliphatic heterocycles. The molecule has 0 spiro atoms. The minimum Gasteiger partial charge on any atom is -0.491 e. The molecule has 200 valence electrons. The first kappa shape index (κ1) is 29.6. The van der Waals surface area contributed by atoms with E-state index in [2.05, 4.69) is 0 Å². The highest BCUT2D eigenvalue weighted by Crippen LogP contribution is 2.37. The van der Waals surface area contributed by atoms with Crippen LogP contribution in [0.1, 0.15) is 64.4 Å². The normalized spacial score (nSPS) is 24.9. The van der Waals surface area contributed by atoms with Crippen LogP contribution in [0, 0.1) is 11.8 Å². The molecule has 0 radical (unpaired) electrons. The van der Waals surface area contributed by atoms with Crippen molar-refractivity contribution in [1.82, 2.24) is 0 Å². The molecule has 1 fully saturated rings. The fourth-order valence-corrected chi connectivity index (χ4v) is 4.47. The molecule has 2 rings (SSSR count). The topological polar surface area (TPSA) is 99.4 Å². The van der Waals surface area contributed by atoms with E-state index in [1.165, 1.54) is 18.2 Å². The lowest BCUT2D eigenvalue weighted by Crippen LogP contribution is -2.22. The number of alkyl halides is 3. The Bertz CT molecular complexity index is 770. The van der Waals surface area contributed by atoms with E-state index in [9.17, 15) is 33.6 Å². The van der Waals surface area contributed by atoms with Gasteiger partial charge in [0.05, 0.1) is 23.9 Å². The Labute approximate surface area is 205 Å². The third kappa shape index (κ3) is 10.5. The van der Waals surface area contributed by atoms with E-state index in [0.717, 1.165) is 44.2 Å². The Morgan fingerprint density at radius 2 is 1.77 bits per heavy atom. The number of aliphatic hydroxyl groups excluding tert-OH is 4. The Morgan fingerprint density at radius 3 is 2.46 bits per heavy atom. The number of unbranched alkanes of at least 4 members (excludes halogenated alkanes) is 3. The van der Waals surface area contributed by atoms with Crippen LogP contribution in [-0.2, 0) is 10.9 Å². The smallest absolute Gasteiger partial charge is 0.416 e. The summed E-state index contributed by atoms with van der Waals surface area (Å²) < 4.78 is 49.0. The number of hydrogen-bond acceptors (Lipinski definition) is 6. The summed E-state index contributed by atoms with van der Waals surface area (Å²) in [5.41, 5.74) is -0.828. The molecule has 1 aromatic rings. The Hall–Kier alpha value is -1.65. The lowest BCUT2D eigenvalue weighted by atomic mass is 9.88. The Balaban J connectivity index is 1.77. The van der Waals surface area contributed by atoms with Crippen molar-refractivity contribution in [3.63, 3.8) is 0 Å². The van der Waals surface area contributed by atoms with Crippen LogP contribution in [0.15, 0.2) is 36.4 Å². The number of aliphatic hydroxyl groups is 4. The molecule has 1 aliphatic rings. The van der Waals surface area contributed by atoms with Crippen molar-refractivity contribution in [3.05, 3.63) is 42.0 Å². The molecule has 1 aliphatic carbocycles. The lowest BCUT2D eigenvalue weighted by molar-refractivity contribution is -0.137. The maximum absolute atomic E-state index is 12.8. The Morgan fingerprint density at radius 1 is 1.06 bits per heavy atom. The van der Waals surface area contributed by atoms with Crippen LogP contribution in [-0.4, -0.2) is 57.7 Å². The van der Waals surface area contributed by atoms with E-state index < -0.39 is 36.3 Å². The van der Waals surface area contributed by atoms with E-state index in [1.807, 2.05) is 13.8 Å². The van der Waals surface area contributed by atoms with Crippen LogP contribution in [0.4, 0.5) is 13.2 Å². The summed E-state index contributed by atoms with van der Waals surface area (Å²) in [6, 6.07) is 4.45. The fraction of sp³-hybridized carbons (Fsp3) is 0.692. The van der Waals surface area contributed by atoms with Crippen LogP contribution in [0.2, 0.25) is 0 Å². The fourth-order valence-electron chi connectivity index (χ4n) is 4.47. The molecule has 0 heterocycles. The number of benzene rings is 1. The third-order valence-corrected chi connectivity index (χ3v) is 6.22. The van der Waals surface area contributed by atoms with Crippen LogP contribution >= 0.6 is 0 Å². The van der Waals surface area contributed by atoms with Crippen molar-refractivity contribution in [1.29, 1.82) is 0 Å². The second kappa shape index (κ2) is 14.2. The first-order valence-corrected chi connectivity index (χ1v) is 12.3. The predicted molar refractivity (Wildman–Crippen MR) is 126 cm³/mol. The molecule has 1 aromatic carbocycles. The monoisotopic (exact) mass is 504 g/mol. The number of rotatable bonds is 14. The number of hydrogen-bond donors (Lipinski definition) is 4. The maximum atomic E-state index is 12.8. The summed E-state index contributed by atoms with van der Waals surface area (Å²) in [5, 5.41) is 40.7. The summed E-state index contributed by atoms with van der Waals surface area (Å²) in [6.45, 7) is 3.51. The summed E-state index contributed by atoms with van der Waals surface area (Å²) in [7, 11) is 0. The van der Waals surface area contributed by atoms with Crippen molar-refractivity contribution >= 4 is 0 Å². The van der Waals surface area contributed by atoms with E-state index >= 15 is 0 Å². The summed E-state index contributed by atoms with van der Waals surface area (Å²) in [4.78, 5) is 0. The van der Waals surface area contributed by atoms with Crippen molar-refractivity contribution < 1.29 is 43.1 Å². The second-order valence-electron chi connectivity index (χ2n) is 9.53. The first-order valence-electron chi connectivity index (χ1n) is 12.3. The molecule has 0 amide bonds. The highest BCUT2D eigenvalue weighted by Gasteiger charge is 2.39. The molecule has 35 heavy (non-hydrogen) atoms. The van der Waals surface area contributed by atoms with Gasteiger partial charge < -0.3 is 29.9 Å². The molecule has 9 heteroatoms. The summed E-state index contributed by atoms with van der Waals surface area (Å²) in [6.07, 6.45) is 0.555. The average Bonchev–Trinajstić information content (AvgIpc) is 3.04. The van der Waals surface area contributed by atoms with Gasteiger partial charge in [0, 0.05) is 12.3 Å². The quantitative estimate of drug-likeness (QED) is 0.170. The molecular weight excluding hydrogens is 465 g/mol. The van der Waals surface area contributed by atoms with Gasteiger partial charge in [0.15, 0.2) is 6.29 Å². The van der Waals surface area contributed by atoms with Gasteiger partial charge in [-0.2, -0.15) is 13.2 Å². The van der Waals surface area contributed by atoms with E-state index in [-0.39, 0.29) is 36.7 Å². The number of ether oxygens (including phenoxy) is 2. The van der Waals surface area contributed by atoms with Crippen LogP contribution in [0.25, 0.3) is 0 Å². The maximum Gasteiger partial charge on any atom is 0.416 e. The standard InChI is InChI=1S/C26H39F3O6/c1-17(2)35-25(33)11-6-4-3-5-10-21-22(24(32)15-23(21)31)13-12-19(30)16-34-20-9-7-8-18(14-20)26(27,28)29/h7-9,12-14,17,19,21-25,30-33H,3-6,10-11,15-16H2,1-2H3/b13-12+/t19-,21-,22-,23+,24-,25?/m1/s1. The van der Waals surface area contributed by atoms with Crippen molar-refractivity contribution in [2.24, 2.45) is 11.8 Å². The van der Waals surface area contributed by atoms with E-state index in [4.69, 9.17) is 9.47 Å². The average molecular weight is 505 g/mol. The zero-order chi connectivity index (χ0) is 26.0. The van der Waals surface area contributed by atoms with Gasteiger partial charge >= 0.3 is 6.18 Å². The largest absolute Gasteiger partial charge is 0.491 e. The highest BCUT2D eigenvalue weighted by molar-refractivity contribution is 5.30. The van der Waals surface area contributed by atoms with Crippen molar-refractivity contribution in [2.75, 3.05) is 6.61 Å². The molecule has 6 atom stereocenters. The molecule has 0 aromatic heterocycles. The lowest BCUT2D eigenvalue weighted by Gasteiger charge is -2.21. The molecule has 0 saturated heterocycles. The predicted octanol–water partition coefficient (Wildman–Crippen LogP) is 4.44. The third-order valence-electron chi connectivity index (χ3n) is 6.22. The zero-order valence-corrected chi connectivity index (χ0v) is 20.4. The molecule has 4 N–H and O–H groups in total. The zero-order valence-electron chi connectivity index (χ0n) is 20.4. The van der Waals surface area contributed by atoms with Gasteiger partial charge in [-0.3, -0.25) is 0 Å². The van der Waals surface area contributed by atoms with Crippen molar-refractivity contribution in [2.45, 2.75) is 95.7 Å². The molecule has 0 bridgehead atoms. The summed E-state index contributed by atoms with van der Waals surface area (Å²) >= 11 is 0. The first-order chi connectivity index (χ1) is 16.5. The highest BCUT2D eigenvalue weighted by atomic mass is 19.4. The van der Waals surface area contributed by atoms with Gasteiger partial charge in [-0.05, 0) is 57.2 Å². The van der Waals surface area contributed by atoms with Crippen molar-refractivity contribution in [3.8, 4) is 5.75 Å². The van der Waals surface area contributed by atoms with Crippen LogP contribution in [0.5, 0.6) is 5.75 Å². The van der Waals surface area contributed by atoms with Crippen LogP contribution in [0.3, 0.4) is 0 Å². The van der Waals surface area contributed by atoms with Gasteiger partial charge in [-0.1, -0.05) is 37.5 Å². The minimum atomic E-state index is -4.48.